The molecule has 2 fully saturated rings. The number of nitrogens with zero attached hydrogens (tertiary/aromatic N) is 1. The van der Waals surface area contributed by atoms with Crippen LogP contribution >= 0.6 is 0 Å². The van der Waals surface area contributed by atoms with Crippen molar-refractivity contribution in [3.63, 3.8) is 0 Å². The normalized spacial score (nSPS) is 30.8. The Bertz CT molecular complexity index is 559. The molecule has 22 heavy (non-hydrogen) atoms. The highest BCUT2D eigenvalue weighted by molar-refractivity contribution is 5.89. The number of fused-ring (bicyclic) bond motifs is 2. The Morgan fingerprint density at radius 3 is 2.50 bits per heavy atom. The minimum atomic E-state index is -0.279. The van der Waals surface area contributed by atoms with Crippen molar-refractivity contribution in [1.82, 2.24) is 4.90 Å². The second-order valence-corrected chi connectivity index (χ2v) is 6.13. The number of esters is 2. The van der Waals surface area contributed by atoms with Crippen molar-refractivity contribution in [1.29, 1.82) is 0 Å². The molecule has 2 aliphatic heterocycles. The molecule has 1 aromatic rings. The first-order valence-corrected chi connectivity index (χ1v) is 7.70. The monoisotopic (exact) mass is 303 g/mol. The molecule has 2 aliphatic rings. The molecule has 0 saturated carbocycles. The van der Waals surface area contributed by atoms with Gasteiger partial charge in [-0.05, 0) is 19.2 Å². The van der Waals surface area contributed by atoms with Crippen LogP contribution < -0.4 is 0 Å². The van der Waals surface area contributed by atoms with Crippen LogP contribution in [0.5, 0.6) is 0 Å². The summed E-state index contributed by atoms with van der Waals surface area (Å²) in [6, 6.07) is 9.47. The van der Waals surface area contributed by atoms with Crippen molar-refractivity contribution >= 4 is 11.9 Å². The number of carbonyl (C=O) groups is 2. The molecule has 3 rings (SSSR count). The number of benzene rings is 1. The molecule has 0 unspecified atom stereocenters. The van der Waals surface area contributed by atoms with E-state index < -0.39 is 0 Å². The van der Waals surface area contributed by atoms with E-state index in [0.717, 1.165) is 12.8 Å². The molecule has 118 valence electrons. The van der Waals surface area contributed by atoms with E-state index in [4.69, 9.17) is 9.47 Å². The molecule has 2 heterocycles. The van der Waals surface area contributed by atoms with Crippen molar-refractivity contribution in [2.45, 2.75) is 50.5 Å². The Kier molecular flexibility index (Phi) is 4.16. The molecule has 2 saturated heterocycles. The largest absolute Gasteiger partial charge is 0.461 e. The van der Waals surface area contributed by atoms with Gasteiger partial charge in [-0.25, -0.2) is 4.79 Å². The van der Waals surface area contributed by atoms with Gasteiger partial charge in [0.25, 0.3) is 0 Å². The molecule has 5 heteroatoms. The summed E-state index contributed by atoms with van der Waals surface area (Å²) < 4.78 is 11.1. The number of piperidine rings is 1. The van der Waals surface area contributed by atoms with Crippen molar-refractivity contribution in [3.05, 3.63) is 35.9 Å². The van der Waals surface area contributed by atoms with Gasteiger partial charge in [-0.3, -0.25) is 9.69 Å². The molecule has 0 N–H and O–H groups in total. The summed E-state index contributed by atoms with van der Waals surface area (Å²) in [5.41, 5.74) is 0.574. The topological polar surface area (TPSA) is 55.8 Å². The maximum Gasteiger partial charge on any atom is 0.338 e. The molecular formula is C17H21NO4. The van der Waals surface area contributed by atoms with E-state index >= 15 is 0 Å². The number of hydrogen-bond acceptors (Lipinski definition) is 5. The van der Waals surface area contributed by atoms with E-state index in [2.05, 4.69) is 4.90 Å². The van der Waals surface area contributed by atoms with Crippen molar-refractivity contribution in [3.8, 4) is 0 Å². The lowest BCUT2D eigenvalue weighted by molar-refractivity contribution is -0.147. The van der Waals surface area contributed by atoms with Gasteiger partial charge in [0.1, 0.15) is 12.2 Å². The van der Waals surface area contributed by atoms with Crippen LogP contribution in [-0.2, 0) is 14.3 Å². The average molecular weight is 303 g/mol. The zero-order valence-electron chi connectivity index (χ0n) is 12.9. The van der Waals surface area contributed by atoms with E-state index in [1.54, 1.807) is 12.1 Å². The van der Waals surface area contributed by atoms with Gasteiger partial charge in [0, 0.05) is 32.2 Å². The first-order valence-electron chi connectivity index (χ1n) is 7.70. The highest BCUT2D eigenvalue weighted by Crippen LogP contribution is 2.37. The molecule has 0 radical (unpaired) electrons. The summed E-state index contributed by atoms with van der Waals surface area (Å²) in [6.07, 6.45) is 2.12. The minimum absolute atomic E-state index is 0.0899. The van der Waals surface area contributed by atoms with Gasteiger partial charge in [-0.1, -0.05) is 18.2 Å². The van der Waals surface area contributed by atoms with Crippen molar-refractivity contribution < 1.29 is 19.1 Å². The van der Waals surface area contributed by atoms with Crippen LogP contribution in [0.25, 0.3) is 0 Å². The average Bonchev–Trinajstić information content (AvgIpc) is 2.67. The molecule has 0 aromatic heterocycles. The SMILES string of the molecule is CC(=O)O[C@@H]1C[C@@H]2C[C@H](OC(=O)c3ccccc3)C[C@@H]1N2C. The molecule has 0 aliphatic carbocycles. The Morgan fingerprint density at radius 2 is 1.82 bits per heavy atom. The Balaban J connectivity index is 1.64. The van der Waals surface area contributed by atoms with Gasteiger partial charge in [0.05, 0.1) is 11.6 Å². The predicted octanol–water partition coefficient (Wildman–Crippen LogP) is 2.01. The first-order chi connectivity index (χ1) is 10.5. The number of likely N-dealkylation sites (N-methyl/N-ethyl adjacent to an activating group) is 1. The van der Waals surface area contributed by atoms with Crippen LogP contribution in [-0.4, -0.2) is 48.2 Å². The maximum atomic E-state index is 12.2. The fraction of sp³-hybridized carbons (Fsp3) is 0.529. The summed E-state index contributed by atoms with van der Waals surface area (Å²) >= 11 is 0. The summed E-state index contributed by atoms with van der Waals surface area (Å²) in [6.45, 7) is 1.44. The van der Waals surface area contributed by atoms with Gasteiger partial charge in [-0.2, -0.15) is 0 Å². The van der Waals surface area contributed by atoms with Crippen LogP contribution in [0.2, 0.25) is 0 Å². The van der Waals surface area contributed by atoms with Crippen LogP contribution in [0, 0.1) is 0 Å². The third-order valence-corrected chi connectivity index (χ3v) is 4.67. The maximum absolute atomic E-state index is 12.2. The minimum Gasteiger partial charge on any atom is -0.461 e. The van der Waals surface area contributed by atoms with Crippen LogP contribution in [0.4, 0.5) is 0 Å². The zero-order valence-corrected chi connectivity index (χ0v) is 12.9. The van der Waals surface area contributed by atoms with Crippen LogP contribution in [0.1, 0.15) is 36.5 Å². The standard InChI is InChI=1S/C17H21NO4/c1-11(19)21-16-9-13-8-14(10-15(16)18(13)2)22-17(20)12-6-4-3-5-7-12/h3-7,13-16H,8-10H2,1-2H3/t13-,14-,15-,16+/m0/s1. The zero-order chi connectivity index (χ0) is 15.7. The third kappa shape index (κ3) is 2.99. The Labute approximate surface area is 130 Å². The summed E-state index contributed by atoms with van der Waals surface area (Å²) in [4.78, 5) is 25.6. The number of hydrogen-bond donors (Lipinski definition) is 0. The summed E-state index contributed by atoms with van der Waals surface area (Å²) in [5, 5.41) is 0. The third-order valence-electron chi connectivity index (χ3n) is 4.67. The highest BCUT2D eigenvalue weighted by atomic mass is 16.6. The Hall–Kier alpha value is -1.88. The van der Waals surface area contributed by atoms with Gasteiger partial charge in [0.15, 0.2) is 0 Å². The molecule has 2 bridgehead atoms. The van der Waals surface area contributed by atoms with E-state index in [9.17, 15) is 9.59 Å². The lowest BCUT2D eigenvalue weighted by atomic mass is 10.00. The molecule has 5 nitrogen and oxygen atoms in total. The smallest absolute Gasteiger partial charge is 0.338 e. The van der Waals surface area contributed by atoms with E-state index in [-0.39, 0.29) is 30.2 Å². The molecule has 0 amide bonds. The number of rotatable bonds is 3. The van der Waals surface area contributed by atoms with Crippen LogP contribution in [0.3, 0.4) is 0 Å². The van der Waals surface area contributed by atoms with Gasteiger partial charge in [-0.15, -0.1) is 0 Å². The fourth-order valence-corrected chi connectivity index (χ4v) is 3.60. The highest BCUT2D eigenvalue weighted by Gasteiger charge is 2.47. The predicted molar refractivity (Wildman–Crippen MR) is 80.4 cm³/mol. The van der Waals surface area contributed by atoms with Gasteiger partial charge >= 0.3 is 11.9 Å². The lowest BCUT2D eigenvalue weighted by Crippen LogP contribution is -2.46. The van der Waals surface area contributed by atoms with Crippen molar-refractivity contribution in [2.24, 2.45) is 0 Å². The molecule has 1 aromatic carbocycles. The number of ether oxygens (including phenoxy) is 2. The summed E-state index contributed by atoms with van der Waals surface area (Å²) in [7, 11) is 2.05. The molecule has 0 spiro atoms. The quantitative estimate of drug-likeness (QED) is 0.800. The first kappa shape index (κ1) is 15.0. The van der Waals surface area contributed by atoms with E-state index in [1.165, 1.54) is 6.92 Å². The van der Waals surface area contributed by atoms with E-state index in [1.807, 2.05) is 25.2 Å². The van der Waals surface area contributed by atoms with Crippen molar-refractivity contribution in [2.75, 3.05) is 7.05 Å². The fourth-order valence-electron chi connectivity index (χ4n) is 3.60. The molecule has 4 atom stereocenters. The summed E-state index contributed by atoms with van der Waals surface area (Å²) in [5.74, 6) is -0.526. The van der Waals surface area contributed by atoms with Crippen LogP contribution in [0.15, 0.2) is 30.3 Å². The molecular weight excluding hydrogens is 282 g/mol. The lowest BCUT2D eigenvalue weighted by Gasteiger charge is -2.36. The van der Waals surface area contributed by atoms with E-state index in [0.29, 0.717) is 18.0 Å². The van der Waals surface area contributed by atoms with Gasteiger partial charge < -0.3 is 9.47 Å². The second kappa shape index (κ2) is 6.08. The Morgan fingerprint density at radius 1 is 1.09 bits per heavy atom. The van der Waals surface area contributed by atoms with Gasteiger partial charge in [0.2, 0.25) is 0 Å². The second-order valence-electron chi connectivity index (χ2n) is 6.13. The number of carbonyl (C=O) groups excluding carboxylic acids is 2.